The van der Waals surface area contributed by atoms with Crippen LogP contribution in [0.4, 0.5) is 10.5 Å². The van der Waals surface area contributed by atoms with Crippen LogP contribution in [-0.2, 0) is 4.74 Å². The summed E-state index contributed by atoms with van der Waals surface area (Å²) in [4.78, 5) is 16.0. The molecule has 1 aliphatic heterocycles. The predicted molar refractivity (Wildman–Crippen MR) is 73.2 cm³/mol. The van der Waals surface area contributed by atoms with Gasteiger partial charge in [0.15, 0.2) is 0 Å². The molecule has 0 atom stereocenters. The first-order chi connectivity index (χ1) is 8.96. The number of aromatic amines is 1. The fourth-order valence-electron chi connectivity index (χ4n) is 2.10. The first kappa shape index (κ1) is 13.7. The number of rotatable bonds is 1. The third-order valence-corrected chi connectivity index (χ3v) is 3.00. The van der Waals surface area contributed by atoms with E-state index in [0.29, 0.717) is 6.54 Å². The Hall–Kier alpha value is -1.72. The van der Waals surface area contributed by atoms with Crippen LogP contribution in [0.3, 0.4) is 0 Å². The Labute approximate surface area is 113 Å². The van der Waals surface area contributed by atoms with E-state index in [1.54, 1.807) is 4.90 Å². The normalized spacial score (nSPS) is 17.2. The number of hydrogen-bond acceptors (Lipinski definition) is 4. The summed E-state index contributed by atoms with van der Waals surface area (Å²) in [6.45, 7) is 8.82. The van der Waals surface area contributed by atoms with Crippen molar-refractivity contribution in [2.45, 2.75) is 32.8 Å². The van der Waals surface area contributed by atoms with Gasteiger partial charge in [-0.2, -0.15) is 5.10 Å². The van der Waals surface area contributed by atoms with Gasteiger partial charge in [0.1, 0.15) is 5.60 Å². The van der Waals surface area contributed by atoms with Gasteiger partial charge in [-0.1, -0.05) is 0 Å². The van der Waals surface area contributed by atoms with Crippen LogP contribution in [0.15, 0.2) is 12.4 Å². The molecule has 6 heteroatoms. The summed E-state index contributed by atoms with van der Waals surface area (Å²) in [6.07, 6.45) is 4.40. The topological polar surface area (TPSA) is 61.5 Å². The third-order valence-electron chi connectivity index (χ3n) is 3.00. The molecule has 1 N–H and O–H groups in total. The van der Waals surface area contributed by atoms with E-state index >= 15 is 0 Å². The summed E-state index contributed by atoms with van der Waals surface area (Å²) in [6, 6.07) is 0. The van der Waals surface area contributed by atoms with Crippen molar-refractivity contribution in [2.75, 3.05) is 31.1 Å². The monoisotopic (exact) mass is 266 g/mol. The molecular formula is C13H22N4O2. The van der Waals surface area contributed by atoms with Gasteiger partial charge in [-0.3, -0.25) is 5.10 Å². The highest BCUT2D eigenvalue weighted by Crippen LogP contribution is 2.16. The van der Waals surface area contributed by atoms with E-state index in [2.05, 4.69) is 15.1 Å². The van der Waals surface area contributed by atoms with Crippen LogP contribution in [0.25, 0.3) is 0 Å². The minimum absolute atomic E-state index is 0.221. The molecular weight excluding hydrogens is 244 g/mol. The van der Waals surface area contributed by atoms with Gasteiger partial charge in [-0.25, -0.2) is 4.79 Å². The molecule has 19 heavy (non-hydrogen) atoms. The number of aromatic nitrogens is 2. The van der Waals surface area contributed by atoms with Crippen molar-refractivity contribution in [2.24, 2.45) is 0 Å². The molecule has 106 valence electrons. The van der Waals surface area contributed by atoms with Gasteiger partial charge >= 0.3 is 6.09 Å². The number of carbonyl (C=O) groups is 1. The van der Waals surface area contributed by atoms with Crippen LogP contribution in [-0.4, -0.2) is 53.0 Å². The van der Waals surface area contributed by atoms with E-state index in [1.807, 2.05) is 33.2 Å². The standard InChI is InChI=1S/C13H22N4O2/c1-13(2,3)19-12(18)17-6-4-5-16(7-8-17)11-9-14-15-10-11/h9-10H,4-8H2,1-3H3,(H,14,15). The smallest absolute Gasteiger partial charge is 0.410 e. The number of nitrogens with zero attached hydrogens (tertiary/aromatic N) is 3. The van der Waals surface area contributed by atoms with Crippen molar-refractivity contribution in [3.8, 4) is 0 Å². The fourth-order valence-corrected chi connectivity index (χ4v) is 2.10. The molecule has 6 nitrogen and oxygen atoms in total. The average molecular weight is 266 g/mol. The SMILES string of the molecule is CC(C)(C)OC(=O)N1CCCN(c2cn[nH]c2)CC1. The molecule has 0 aromatic carbocycles. The largest absolute Gasteiger partial charge is 0.444 e. The molecule has 2 heterocycles. The fraction of sp³-hybridized carbons (Fsp3) is 0.692. The van der Waals surface area contributed by atoms with E-state index in [1.165, 1.54) is 0 Å². The van der Waals surface area contributed by atoms with Crippen LogP contribution in [0, 0.1) is 0 Å². The molecule has 1 saturated heterocycles. The molecule has 1 fully saturated rings. The number of anilines is 1. The summed E-state index contributed by atoms with van der Waals surface area (Å²) in [5.41, 5.74) is 0.638. The summed E-state index contributed by atoms with van der Waals surface area (Å²) >= 11 is 0. The zero-order valence-corrected chi connectivity index (χ0v) is 11.8. The highest BCUT2D eigenvalue weighted by atomic mass is 16.6. The number of nitrogens with one attached hydrogen (secondary N) is 1. The van der Waals surface area contributed by atoms with E-state index in [-0.39, 0.29) is 6.09 Å². The molecule has 1 aliphatic rings. The molecule has 0 aliphatic carbocycles. The summed E-state index contributed by atoms with van der Waals surface area (Å²) in [5, 5.41) is 6.77. The van der Waals surface area contributed by atoms with Gasteiger partial charge in [0.2, 0.25) is 0 Å². The van der Waals surface area contributed by atoms with Crippen molar-refractivity contribution in [3.63, 3.8) is 0 Å². The van der Waals surface area contributed by atoms with Crippen LogP contribution in [0.5, 0.6) is 0 Å². The van der Waals surface area contributed by atoms with Crippen molar-refractivity contribution in [1.29, 1.82) is 0 Å². The van der Waals surface area contributed by atoms with E-state index in [9.17, 15) is 4.79 Å². The number of amides is 1. The zero-order chi connectivity index (χ0) is 13.9. The molecule has 0 saturated carbocycles. The lowest BCUT2D eigenvalue weighted by Gasteiger charge is -2.26. The lowest BCUT2D eigenvalue weighted by molar-refractivity contribution is 0.0263. The second-order valence-electron chi connectivity index (χ2n) is 5.76. The first-order valence-corrected chi connectivity index (χ1v) is 6.67. The Bertz CT molecular complexity index is 411. The van der Waals surface area contributed by atoms with E-state index in [4.69, 9.17) is 4.74 Å². The van der Waals surface area contributed by atoms with Crippen molar-refractivity contribution in [3.05, 3.63) is 12.4 Å². The number of carbonyl (C=O) groups excluding carboxylic acids is 1. The molecule has 1 aromatic rings. The highest BCUT2D eigenvalue weighted by molar-refractivity contribution is 5.68. The minimum atomic E-state index is -0.437. The van der Waals surface area contributed by atoms with Gasteiger partial charge in [-0.15, -0.1) is 0 Å². The number of H-pyrrole nitrogens is 1. The van der Waals surface area contributed by atoms with Gasteiger partial charge in [0.05, 0.1) is 11.9 Å². The lowest BCUT2D eigenvalue weighted by atomic mass is 10.2. The molecule has 0 bridgehead atoms. The molecule has 0 unspecified atom stereocenters. The van der Waals surface area contributed by atoms with Crippen molar-refractivity contribution < 1.29 is 9.53 Å². The summed E-state index contributed by atoms with van der Waals surface area (Å²) in [5.74, 6) is 0. The molecule has 0 spiro atoms. The first-order valence-electron chi connectivity index (χ1n) is 6.67. The Balaban J connectivity index is 1.91. The second-order valence-corrected chi connectivity index (χ2v) is 5.76. The van der Waals surface area contributed by atoms with Gasteiger partial charge < -0.3 is 14.5 Å². The zero-order valence-electron chi connectivity index (χ0n) is 11.8. The van der Waals surface area contributed by atoms with Crippen molar-refractivity contribution >= 4 is 11.8 Å². The molecule has 2 rings (SSSR count). The van der Waals surface area contributed by atoms with Gasteiger partial charge in [0, 0.05) is 32.4 Å². The lowest BCUT2D eigenvalue weighted by Crippen LogP contribution is -2.39. The van der Waals surface area contributed by atoms with Crippen LogP contribution in [0.2, 0.25) is 0 Å². The van der Waals surface area contributed by atoms with E-state index in [0.717, 1.165) is 31.7 Å². The molecule has 0 radical (unpaired) electrons. The summed E-state index contributed by atoms with van der Waals surface area (Å²) in [7, 11) is 0. The quantitative estimate of drug-likeness (QED) is 0.842. The average Bonchev–Trinajstić information content (AvgIpc) is 2.71. The molecule has 1 amide bonds. The Morgan fingerprint density at radius 2 is 2.11 bits per heavy atom. The Morgan fingerprint density at radius 3 is 2.74 bits per heavy atom. The second kappa shape index (κ2) is 5.50. The maximum absolute atomic E-state index is 12.0. The minimum Gasteiger partial charge on any atom is -0.444 e. The Kier molecular flexibility index (Phi) is 3.97. The maximum atomic E-state index is 12.0. The van der Waals surface area contributed by atoms with Gasteiger partial charge in [0.25, 0.3) is 0 Å². The van der Waals surface area contributed by atoms with Crippen LogP contribution >= 0.6 is 0 Å². The van der Waals surface area contributed by atoms with Gasteiger partial charge in [-0.05, 0) is 27.2 Å². The third kappa shape index (κ3) is 3.87. The van der Waals surface area contributed by atoms with Crippen molar-refractivity contribution in [1.82, 2.24) is 15.1 Å². The number of ether oxygens (including phenoxy) is 1. The maximum Gasteiger partial charge on any atom is 0.410 e. The Morgan fingerprint density at radius 1 is 1.32 bits per heavy atom. The van der Waals surface area contributed by atoms with Crippen LogP contribution in [0.1, 0.15) is 27.2 Å². The predicted octanol–water partition coefficient (Wildman–Crippen LogP) is 1.86. The molecule has 1 aromatic heterocycles. The summed E-state index contributed by atoms with van der Waals surface area (Å²) < 4.78 is 5.41. The number of hydrogen-bond donors (Lipinski definition) is 1. The highest BCUT2D eigenvalue weighted by Gasteiger charge is 2.24. The van der Waals surface area contributed by atoms with Crippen LogP contribution < -0.4 is 4.90 Å². The van der Waals surface area contributed by atoms with E-state index < -0.39 is 5.60 Å².